The third-order valence-electron chi connectivity index (χ3n) is 4.23. The van der Waals surface area contributed by atoms with E-state index in [-0.39, 0.29) is 6.04 Å². The van der Waals surface area contributed by atoms with Gasteiger partial charge in [-0.2, -0.15) is 0 Å². The summed E-state index contributed by atoms with van der Waals surface area (Å²) >= 11 is 0. The Labute approximate surface area is 104 Å². The Hall–Kier alpha value is -1.02. The van der Waals surface area contributed by atoms with E-state index in [1.807, 2.05) is 12.1 Å². The molecule has 2 N–H and O–H groups in total. The van der Waals surface area contributed by atoms with E-state index in [9.17, 15) is 0 Å². The summed E-state index contributed by atoms with van der Waals surface area (Å²) in [6, 6.07) is 8.51. The number of benzene rings is 1. The maximum absolute atomic E-state index is 6.40. The van der Waals surface area contributed by atoms with E-state index in [1.54, 1.807) is 7.11 Å². The molecule has 1 atom stereocenters. The summed E-state index contributed by atoms with van der Waals surface area (Å²) in [4.78, 5) is 0. The first-order valence-corrected chi connectivity index (χ1v) is 6.52. The van der Waals surface area contributed by atoms with Crippen molar-refractivity contribution in [2.24, 2.45) is 11.1 Å². The summed E-state index contributed by atoms with van der Waals surface area (Å²) in [6.07, 6.45) is 6.18. The van der Waals surface area contributed by atoms with Crippen molar-refractivity contribution in [1.29, 1.82) is 0 Å². The van der Waals surface area contributed by atoms with Crippen LogP contribution in [0.2, 0.25) is 0 Å². The molecule has 0 heterocycles. The van der Waals surface area contributed by atoms with Crippen molar-refractivity contribution < 1.29 is 4.74 Å². The lowest BCUT2D eigenvalue weighted by molar-refractivity contribution is 0.260. The van der Waals surface area contributed by atoms with Crippen LogP contribution < -0.4 is 10.5 Å². The van der Waals surface area contributed by atoms with Crippen LogP contribution in [-0.4, -0.2) is 13.2 Å². The zero-order chi connectivity index (χ0) is 12.3. The second-order valence-electron chi connectivity index (χ2n) is 5.52. The SMILES string of the molecule is COc1cccc(CC(N)C2(C)CCCC2)c1. The van der Waals surface area contributed by atoms with Crippen molar-refractivity contribution in [2.75, 3.05) is 7.11 Å². The first kappa shape index (κ1) is 12.4. The molecule has 1 unspecified atom stereocenters. The minimum atomic E-state index is 0.261. The summed E-state index contributed by atoms with van der Waals surface area (Å²) in [5.74, 6) is 0.922. The molecular formula is C15H23NO. The van der Waals surface area contributed by atoms with E-state index in [0.29, 0.717) is 5.41 Å². The first-order chi connectivity index (χ1) is 8.14. The van der Waals surface area contributed by atoms with Gasteiger partial charge in [0.25, 0.3) is 0 Å². The highest BCUT2D eigenvalue weighted by Crippen LogP contribution is 2.40. The Balaban J connectivity index is 2.04. The first-order valence-electron chi connectivity index (χ1n) is 6.52. The van der Waals surface area contributed by atoms with Gasteiger partial charge in [-0.1, -0.05) is 31.9 Å². The highest BCUT2D eigenvalue weighted by atomic mass is 16.5. The van der Waals surface area contributed by atoms with Gasteiger partial charge < -0.3 is 10.5 Å². The fraction of sp³-hybridized carbons (Fsp3) is 0.600. The van der Waals surface area contributed by atoms with Gasteiger partial charge in [0.2, 0.25) is 0 Å². The molecule has 0 amide bonds. The molecule has 0 aliphatic heterocycles. The van der Waals surface area contributed by atoms with Crippen LogP contribution >= 0.6 is 0 Å². The Kier molecular flexibility index (Phi) is 3.72. The molecular weight excluding hydrogens is 210 g/mol. The molecule has 17 heavy (non-hydrogen) atoms. The third kappa shape index (κ3) is 2.81. The molecule has 1 saturated carbocycles. The van der Waals surface area contributed by atoms with Gasteiger partial charge in [-0.3, -0.25) is 0 Å². The predicted molar refractivity (Wildman–Crippen MR) is 71.2 cm³/mol. The molecule has 0 bridgehead atoms. The summed E-state index contributed by atoms with van der Waals surface area (Å²) in [5, 5.41) is 0. The van der Waals surface area contributed by atoms with E-state index < -0.39 is 0 Å². The molecule has 1 fully saturated rings. The van der Waals surface area contributed by atoms with Gasteiger partial charge in [0.05, 0.1) is 7.11 Å². The number of methoxy groups -OCH3 is 1. The van der Waals surface area contributed by atoms with Crippen LogP contribution in [0, 0.1) is 5.41 Å². The fourth-order valence-electron chi connectivity index (χ4n) is 2.85. The normalized spacial score (nSPS) is 20.2. The Morgan fingerprint density at radius 3 is 2.71 bits per heavy atom. The maximum Gasteiger partial charge on any atom is 0.119 e. The smallest absolute Gasteiger partial charge is 0.119 e. The lowest BCUT2D eigenvalue weighted by Gasteiger charge is -2.31. The van der Waals surface area contributed by atoms with Gasteiger partial charge in [0, 0.05) is 6.04 Å². The number of hydrogen-bond donors (Lipinski definition) is 1. The fourth-order valence-corrected chi connectivity index (χ4v) is 2.85. The highest BCUT2D eigenvalue weighted by Gasteiger charge is 2.34. The van der Waals surface area contributed by atoms with E-state index in [0.717, 1.165) is 12.2 Å². The molecule has 94 valence electrons. The third-order valence-corrected chi connectivity index (χ3v) is 4.23. The summed E-state index contributed by atoms with van der Waals surface area (Å²) in [5.41, 5.74) is 8.01. The van der Waals surface area contributed by atoms with E-state index in [2.05, 4.69) is 19.1 Å². The minimum absolute atomic E-state index is 0.261. The molecule has 2 nitrogen and oxygen atoms in total. The molecule has 2 heteroatoms. The van der Waals surface area contributed by atoms with Crippen molar-refractivity contribution in [3.05, 3.63) is 29.8 Å². The minimum Gasteiger partial charge on any atom is -0.497 e. The standard InChI is InChI=1S/C15H23NO/c1-15(8-3-4-9-15)14(16)11-12-6-5-7-13(10-12)17-2/h5-7,10,14H,3-4,8-9,11,16H2,1-2H3. The van der Waals surface area contributed by atoms with Gasteiger partial charge in [0.1, 0.15) is 5.75 Å². The van der Waals surface area contributed by atoms with Gasteiger partial charge in [-0.05, 0) is 42.4 Å². The lowest BCUT2D eigenvalue weighted by Crippen LogP contribution is -2.39. The van der Waals surface area contributed by atoms with Gasteiger partial charge in [0.15, 0.2) is 0 Å². The largest absolute Gasteiger partial charge is 0.497 e. The average molecular weight is 233 g/mol. The van der Waals surface area contributed by atoms with Crippen molar-refractivity contribution in [3.63, 3.8) is 0 Å². The Bertz CT molecular complexity index is 369. The number of ether oxygens (including phenoxy) is 1. The van der Waals surface area contributed by atoms with Crippen LogP contribution in [0.5, 0.6) is 5.75 Å². The zero-order valence-corrected chi connectivity index (χ0v) is 10.9. The summed E-state index contributed by atoms with van der Waals surface area (Å²) in [7, 11) is 1.71. The van der Waals surface area contributed by atoms with Crippen molar-refractivity contribution in [3.8, 4) is 5.75 Å². The van der Waals surface area contributed by atoms with Crippen molar-refractivity contribution >= 4 is 0 Å². The second kappa shape index (κ2) is 5.09. The van der Waals surface area contributed by atoms with Gasteiger partial charge >= 0.3 is 0 Å². The molecule has 2 rings (SSSR count). The molecule has 1 aliphatic carbocycles. The van der Waals surface area contributed by atoms with Crippen LogP contribution in [0.3, 0.4) is 0 Å². The van der Waals surface area contributed by atoms with Crippen LogP contribution in [0.1, 0.15) is 38.2 Å². The molecule has 1 aromatic carbocycles. The predicted octanol–water partition coefficient (Wildman–Crippen LogP) is 3.15. The molecule has 1 aromatic rings. The Morgan fingerprint density at radius 1 is 1.35 bits per heavy atom. The van der Waals surface area contributed by atoms with Crippen LogP contribution in [0.15, 0.2) is 24.3 Å². The molecule has 0 spiro atoms. The quantitative estimate of drug-likeness (QED) is 0.867. The maximum atomic E-state index is 6.40. The second-order valence-corrected chi connectivity index (χ2v) is 5.52. The molecule has 0 aromatic heterocycles. The van der Waals surface area contributed by atoms with E-state index in [4.69, 9.17) is 10.5 Å². The lowest BCUT2D eigenvalue weighted by atomic mass is 9.78. The number of rotatable bonds is 4. The van der Waals surface area contributed by atoms with Crippen LogP contribution in [0.25, 0.3) is 0 Å². The van der Waals surface area contributed by atoms with E-state index >= 15 is 0 Å². The number of nitrogens with two attached hydrogens (primary N) is 1. The van der Waals surface area contributed by atoms with Gasteiger partial charge in [-0.15, -0.1) is 0 Å². The molecule has 0 saturated heterocycles. The zero-order valence-electron chi connectivity index (χ0n) is 10.9. The van der Waals surface area contributed by atoms with Crippen LogP contribution in [-0.2, 0) is 6.42 Å². The van der Waals surface area contributed by atoms with Crippen molar-refractivity contribution in [1.82, 2.24) is 0 Å². The van der Waals surface area contributed by atoms with Crippen molar-refractivity contribution in [2.45, 2.75) is 45.1 Å². The summed E-state index contributed by atoms with van der Waals surface area (Å²) in [6.45, 7) is 2.34. The summed E-state index contributed by atoms with van der Waals surface area (Å²) < 4.78 is 5.25. The molecule has 0 radical (unpaired) electrons. The molecule has 1 aliphatic rings. The topological polar surface area (TPSA) is 35.2 Å². The average Bonchev–Trinajstić information content (AvgIpc) is 2.78. The Morgan fingerprint density at radius 2 is 2.06 bits per heavy atom. The highest BCUT2D eigenvalue weighted by molar-refractivity contribution is 5.29. The van der Waals surface area contributed by atoms with Crippen LogP contribution in [0.4, 0.5) is 0 Å². The monoisotopic (exact) mass is 233 g/mol. The number of hydrogen-bond acceptors (Lipinski definition) is 2. The van der Waals surface area contributed by atoms with Gasteiger partial charge in [-0.25, -0.2) is 0 Å². The van der Waals surface area contributed by atoms with E-state index in [1.165, 1.54) is 31.2 Å².